The molecule has 0 unspecified atom stereocenters. The summed E-state index contributed by atoms with van der Waals surface area (Å²) in [7, 11) is 6.33. The van der Waals surface area contributed by atoms with Gasteiger partial charge in [-0.05, 0) is 111 Å². The van der Waals surface area contributed by atoms with E-state index >= 15 is 0 Å². The molecule has 0 fully saturated rings. The van der Waals surface area contributed by atoms with E-state index in [2.05, 4.69) is 403 Å². The van der Waals surface area contributed by atoms with Gasteiger partial charge in [-0.25, -0.2) is 79.9 Å². The molecule has 20 aromatic carbocycles. The fraction of sp³-hybridized carbons (Fsp3) is 0.0769. The maximum atomic E-state index is 3.49. The first-order valence-corrected chi connectivity index (χ1v) is 46.2. The van der Waals surface area contributed by atoms with Gasteiger partial charge in [0, 0.05) is 303 Å². The maximum absolute atomic E-state index is 3.49. The van der Waals surface area contributed by atoms with Gasteiger partial charge in [0.1, 0.15) is 0 Å². The molecule has 0 saturated carbocycles. The van der Waals surface area contributed by atoms with Crippen molar-refractivity contribution >= 4 is 131 Å². The van der Waals surface area contributed by atoms with E-state index in [1.54, 1.807) is 0 Å². The van der Waals surface area contributed by atoms with Gasteiger partial charge in [0.05, 0.1) is 0 Å². The molecule has 26 aromatic rings. The Hall–Kier alpha value is -7.97. The van der Waals surface area contributed by atoms with Gasteiger partial charge in [0.15, 0.2) is 0 Å². The number of benzene rings is 20. The Bertz CT molecular complexity index is 9040. The zero-order valence-electron chi connectivity index (χ0n) is 80.8. The van der Waals surface area contributed by atoms with Gasteiger partial charge < -0.3 is 27.4 Å². The molecule has 0 saturated heterocycles. The van der Waals surface area contributed by atoms with Crippen molar-refractivity contribution in [1.82, 2.24) is 27.4 Å². The van der Waals surface area contributed by atoms with Crippen molar-refractivity contribution in [3.05, 3.63) is 498 Å². The van der Waals surface area contributed by atoms with Crippen LogP contribution in [-0.2, 0) is 302 Å². The van der Waals surface area contributed by atoms with Crippen LogP contribution in [0.5, 0.6) is 0 Å². The third kappa shape index (κ3) is 20.4. The van der Waals surface area contributed by atoms with Crippen LogP contribution < -0.4 is 0 Å². The summed E-state index contributed by atoms with van der Waals surface area (Å²) >= 11 is 0. The molecule has 3 aliphatic heterocycles. The average molecular weight is 2440 g/mol. The van der Waals surface area contributed by atoms with Crippen LogP contribution in [0.2, 0.25) is 0 Å². The van der Waals surface area contributed by atoms with E-state index in [1.165, 1.54) is 181 Å². The summed E-state index contributed by atoms with van der Waals surface area (Å²) in [5.74, 6) is 0. The van der Waals surface area contributed by atoms with Crippen LogP contribution in [0, 0.1) is 125 Å². The molecule has 144 heavy (non-hydrogen) atoms. The van der Waals surface area contributed by atoms with Gasteiger partial charge in [0.2, 0.25) is 0 Å². The third-order valence-electron chi connectivity index (χ3n) is 27.1. The number of nitrogens with zero attached hydrogens (tertiary/aromatic N) is 6. The Kier molecular flexibility index (Phi) is 35.5. The smallest absolute Gasteiger partial charge is 0.0400 e. The Morgan fingerprint density at radius 1 is 0.201 bits per heavy atom. The van der Waals surface area contributed by atoms with Gasteiger partial charge in [-0.1, -0.05) is 156 Å². The molecule has 0 aliphatic carbocycles. The molecule has 9 heterocycles. The van der Waals surface area contributed by atoms with E-state index < -0.39 is 0 Å². The van der Waals surface area contributed by atoms with Crippen LogP contribution in [-0.4, -0.2) is 27.4 Å². The monoisotopic (exact) mass is 2440 g/mol. The molecule has 0 N–H and O–H groups in total. The van der Waals surface area contributed by atoms with Crippen molar-refractivity contribution in [3.63, 3.8) is 0 Å². The Morgan fingerprint density at radius 3 is 1.06 bits per heavy atom. The van der Waals surface area contributed by atoms with Crippen molar-refractivity contribution in [2.45, 2.75) is 47.0 Å². The quantitative estimate of drug-likeness (QED) is 0.154. The zero-order valence-corrected chi connectivity index (χ0v) is 104. The number of hydrogen-bond acceptors (Lipinski definition) is 0. The topological polar surface area (TPSA) is 29.6 Å². The fourth-order valence-corrected chi connectivity index (χ4v) is 20.9. The predicted molar refractivity (Wildman–Crippen MR) is 560 cm³/mol. The summed E-state index contributed by atoms with van der Waals surface area (Å²) in [5, 5.41) is 15.3. The van der Waals surface area contributed by atoms with Gasteiger partial charge in [-0.3, -0.25) is 0 Å². The predicted octanol–water partition coefficient (Wildman–Crippen LogP) is 30.4. The van der Waals surface area contributed by atoms with E-state index in [4.69, 9.17) is 0 Å². The Balaban J connectivity index is 0.000000123. The second-order valence-electron chi connectivity index (χ2n) is 35.7. The van der Waals surface area contributed by atoms with Crippen LogP contribution in [0.1, 0.15) is 55.6 Å². The van der Waals surface area contributed by atoms with E-state index in [1.807, 2.05) is 116 Å². The van der Waals surface area contributed by atoms with Crippen LogP contribution in [0.15, 0.2) is 346 Å². The Labute approximate surface area is 1040 Å². The van der Waals surface area contributed by atoms with E-state index in [0.29, 0.717) is 0 Å². The molecule has 14 heteroatoms. The Morgan fingerprint density at radius 2 is 0.549 bits per heavy atom. The first-order valence-electron chi connectivity index (χ1n) is 46.2. The largest absolute Gasteiger partial charge is 0.424 e. The number of rotatable bonds is 5. The summed E-state index contributed by atoms with van der Waals surface area (Å²) in [6.07, 6.45) is 2.96. The van der Waals surface area contributed by atoms with Gasteiger partial charge in [0.25, 0.3) is 0 Å². The van der Waals surface area contributed by atoms with Crippen LogP contribution in [0.3, 0.4) is 0 Å². The molecule has 0 bridgehead atoms. The second-order valence-corrected chi connectivity index (χ2v) is 35.7. The molecule has 8 radical (unpaired) electrons. The van der Waals surface area contributed by atoms with E-state index in [-0.39, 0.29) is 262 Å². The van der Waals surface area contributed by atoms with Crippen molar-refractivity contribution in [1.29, 1.82) is 0 Å². The molecule has 29 rings (SSSR count). The molecule has 6 nitrogen and oxygen atoms in total. The molecular formula is C130H84N6Y8-16. The molecule has 0 amide bonds. The van der Waals surface area contributed by atoms with Gasteiger partial charge in [-0.2, -0.15) is 284 Å². The number of fused-ring (bicyclic) bond motifs is 24. The molecule has 3 aliphatic rings. The molecule has 0 atom stereocenters. The standard InChI is InChI=1S/C26H18N2.C25H15N.3C20H13N.C19H12.8Y/c1-27-23-9-5-3-7-19(23)21-15-17(11-13-25(21)27)18-12-14-26-22(16-18)20-8-4-6-10-24(20)28(26)2;1-26-24-14-12-20(18-8-4-2-5-9-18)16-22(24)23-17-21(13-15-25(23)26)19-10-6-3-7-11-19;1-13-10-15-12-14-6-2-4-8-18(14)21-19-9-5-3-7-16(19)17(11-13)20(15)21;1-13-9-10-18-15(11-13)12-14-5-4-7-17-16-6-2-3-8-19(16)21(18)20(14)17;1-13-9-10-19-17(11-13)16-7-4-6-15-12-14-5-2-3-8-18(14)21(19)20(15)16;1-15-8-7-11-17(14-15)19-13-6-5-12-18(19)16-9-3-2-4-10-16;;;;;;;;/h3-10,13-16H,1-2H3;2-8,10,14-17H,1H3;2-7,10-11H,12H2,1H3;2*2-7,9,11H,12H2,1H3;2-9,11H,1H3;;;;;;;;/q-2;-4;3*-2;-4;;;;;;;;. The van der Waals surface area contributed by atoms with E-state index in [9.17, 15) is 0 Å². The van der Waals surface area contributed by atoms with Crippen molar-refractivity contribution < 1.29 is 262 Å². The summed E-state index contributed by atoms with van der Waals surface area (Å²) in [5.41, 5.74) is 41.9. The minimum atomic E-state index is 0. The van der Waals surface area contributed by atoms with Gasteiger partial charge in [-0.15, -0.1) is 97.7 Å². The zero-order chi connectivity index (χ0) is 91.3. The summed E-state index contributed by atoms with van der Waals surface area (Å²) < 4.78 is 13.7. The van der Waals surface area contributed by atoms with Crippen LogP contribution in [0.25, 0.3) is 204 Å². The normalized spacial score (nSPS) is 11.3. The fourth-order valence-electron chi connectivity index (χ4n) is 20.9. The van der Waals surface area contributed by atoms with Crippen LogP contribution >= 0.6 is 0 Å². The number of aromatic nitrogens is 6. The minimum absolute atomic E-state index is 0. The third-order valence-corrected chi connectivity index (χ3v) is 27.1. The van der Waals surface area contributed by atoms with Crippen LogP contribution in [0.4, 0.5) is 0 Å². The first-order chi connectivity index (χ1) is 66.9. The number of hydrogen-bond donors (Lipinski definition) is 0. The van der Waals surface area contributed by atoms with Crippen molar-refractivity contribution in [3.8, 4) is 72.7 Å². The maximum Gasteiger partial charge on any atom is 0.0400 e. The molecule has 0 spiro atoms. The van der Waals surface area contributed by atoms with Gasteiger partial charge >= 0.3 is 0 Å². The van der Waals surface area contributed by atoms with Crippen molar-refractivity contribution in [2.75, 3.05) is 0 Å². The average Bonchev–Trinajstić information content (AvgIpc) is 1.57. The molecular weight excluding hydrogens is 2360 g/mol. The number of aryl methyl sites for hydroxylation is 7. The molecule has 674 valence electrons. The second kappa shape index (κ2) is 47.1. The van der Waals surface area contributed by atoms with Crippen molar-refractivity contribution in [2.24, 2.45) is 21.1 Å². The minimum Gasteiger partial charge on any atom is -0.424 e. The summed E-state index contributed by atoms with van der Waals surface area (Å²) in [6, 6.07) is 174. The SMILES string of the molecule is Cc1[c-]c(-c2[c-]cc[c-]c2-c2[c-]cccc2)ccc1.Cc1c[c-]c2c(c1)Cc1cccc3c4ccc[c-]c4n-2c13.Cc1c[c-]c2c(c1)c1cccc3c1n2-c1[c-]cccc1C3.Cc1cc2c3c(c1)c1ccc[c-]c1n3-c1[c-]cccc1C2.Cn1c2c[c-]c(-c3[c-]cc4c(c3)c3ccccc3n4C)cc2c2ccccc21.Cn1c2c[c-]c(-c3[c-]cccc3)cc2c2cc(-c3[c-]cccc3)[c-]cc21.[Y].[Y].[Y].[Y].[Y].[Y].[Y].[Y]. The molecule has 6 aromatic heterocycles. The number of para-hydroxylation sites is 8. The first kappa shape index (κ1) is 109. The van der Waals surface area contributed by atoms with E-state index in [0.717, 1.165) is 97.0 Å². The summed E-state index contributed by atoms with van der Waals surface area (Å²) in [4.78, 5) is 0. The summed E-state index contributed by atoms with van der Waals surface area (Å²) in [6.45, 7) is 8.48.